The van der Waals surface area contributed by atoms with Gasteiger partial charge in [-0.15, -0.1) is 0 Å². The molecule has 0 N–H and O–H groups in total. The van der Waals surface area contributed by atoms with Gasteiger partial charge in [0.05, 0.1) is 34.0 Å². The molecular formula is C107H100FN7O23. The van der Waals surface area contributed by atoms with E-state index in [4.69, 9.17) is 33.5 Å². The van der Waals surface area contributed by atoms with E-state index in [1.54, 1.807) is 204 Å². The lowest BCUT2D eigenvalue weighted by atomic mass is 10.0. The maximum atomic E-state index is 12.9. The predicted molar refractivity (Wildman–Crippen MR) is 519 cm³/mol. The molecule has 0 saturated carbocycles. The van der Waals surface area contributed by atoms with Gasteiger partial charge in [0.25, 0.3) is 0 Å². The first-order chi connectivity index (χ1) is 66.4. The number of Topliss-reactive ketones (excluding diaryl/α,β-unsaturated/α-hetero) is 5. The molecular weight excluding hydrogens is 1770 g/mol. The molecule has 0 fully saturated rings. The van der Waals surface area contributed by atoms with E-state index < -0.39 is 53.4 Å². The summed E-state index contributed by atoms with van der Waals surface area (Å²) in [5, 5.41) is 25.8. The molecule has 0 amide bonds. The van der Waals surface area contributed by atoms with Crippen LogP contribution in [0.1, 0.15) is 176 Å². The minimum Gasteiger partial charge on any atom is -0.497 e. The second-order valence-corrected chi connectivity index (χ2v) is 28.4. The first-order valence-electron chi connectivity index (χ1n) is 42.1. The molecule has 0 aliphatic heterocycles. The number of rotatable bonds is 30. The fraction of sp³-hybridized carbons (Fsp3) is 0.150. The van der Waals surface area contributed by atoms with Gasteiger partial charge in [0.1, 0.15) is 57.4 Å². The van der Waals surface area contributed by atoms with Gasteiger partial charge in [0, 0.05) is 102 Å². The summed E-state index contributed by atoms with van der Waals surface area (Å²) in [5.74, 6) is -2.96. The molecule has 0 atom stereocenters. The van der Waals surface area contributed by atoms with Crippen molar-refractivity contribution in [3.63, 3.8) is 0 Å². The highest BCUT2D eigenvalue weighted by Crippen LogP contribution is 2.23. The van der Waals surface area contributed by atoms with Crippen LogP contribution in [0, 0.1) is 12.7 Å². The molecule has 0 heterocycles. The SMILES string of the molecule is CC(=O)O/N=C(\C)C(=O)c1ccc(F)cc1.CC(=O)O/N=C(\C)C(=O)c1ccccc1.CC(=O)O/N=C(\c1ccccc1)c1ccc(C)cc1.CCCC(=O)O/N=C(\C)C(=O)c1ccccc1.COc1ccc(C(=NOC(C)=O)c2ccc(OC)cc2)cc1.COc1ccc(C(=O)/C(=N/OC(=O)c2ccccc2)c2ccccc2)cc1.COc1ccc(C(=O)/C(=N/OC(C)=O)c2ccccc2)cc1. The third-order valence-corrected chi connectivity index (χ3v) is 17.9. The lowest BCUT2D eigenvalue weighted by Gasteiger charge is -2.08. The van der Waals surface area contributed by atoms with Gasteiger partial charge in [0.2, 0.25) is 28.9 Å². The van der Waals surface area contributed by atoms with Crippen molar-refractivity contribution < 1.29 is 115 Å². The molecule has 138 heavy (non-hydrogen) atoms. The van der Waals surface area contributed by atoms with Crippen molar-refractivity contribution in [1.29, 1.82) is 0 Å². The van der Waals surface area contributed by atoms with Gasteiger partial charge < -0.3 is 52.8 Å². The van der Waals surface area contributed by atoms with Crippen LogP contribution in [0.2, 0.25) is 0 Å². The number of halogens is 1. The fourth-order valence-electron chi connectivity index (χ4n) is 11.0. The average Bonchev–Trinajstić information content (AvgIpc) is 0.827. The molecule has 12 aromatic rings. The Bertz CT molecular complexity index is 6220. The van der Waals surface area contributed by atoms with Gasteiger partial charge in [-0.2, -0.15) is 0 Å². The van der Waals surface area contributed by atoms with Crippen molar-refractivity contribution in [2.45, 2.75) is 82.1 Å². The summed E-state index contributed by atoms with van der Waals surface area (Å²) in [6.07, 6.45) is 0.996. The topological polar surface area (TPSA) is 393 Å². The molecule has 0 bridgehead atoms. The minimum absolute atomic E-state index is 0.0295. The number of ketones is 5. The van der Waals surface area contributed by atoms with Crippen LogP contribution in [0.15, 0.2) is 364 Å². The number of hydrogen-bond donors (Lipinski definition) is 0. The van der Waals surface area contributed by atoms with E-state index in [0.29, 0.717) is 74.7 Å². The van der Waals surface area contributed by atoms with Crippen LogP contribution >= 0.6 is 0 Å². The number of nitrogens with zero attached hydrogens (tertiary/aromatic N) is 7. The Kier molecular flexibility index (Phi) is 46.9. The van der Waals surface area contributed by atoms with Crippen LogP contribution in [0.3, 0.4) is 0 Å². The van der Waals surface area contributed by atoms with Crippen LogP contribution in [0.25, 0.3) is 0 Å². The molecule has 0 saturated heterocycles. The van der Waals surface area contributed by atoms with E-state index in [1.165, 1.54) is 85.2 Å². The maximum Gasteiger partial charge on any atom is 0.365 e. The number of aryl methyl sites for hydroxylation is 1. The van der Waals surface area contributed by atoms with Crippen LogP contribution in [0.4, 0.5) is 4.39 Å². The maximum absolute atomic E-state index is 12.9. The van der Waals surface area contributed by atoms with Gasteiger partial charge in [-0.25, -0.2) is 38.0 Å². The number of carbonyl (C=O) groups excluding carboxylic acids is 12. The van der Waals surface area contributed by atoms with Gasteiger partial charge in [0.15, 0.2) is 11.4 Å². The van der Waals surface area contributed by atoms with Crippen LogP contribution in [-0.2, 0) is 62.6 Å². The number of oxime groups is 7. The first kappa shape index (κ1) is 109. The van der Waals surface area contributed by atoms with E-state index in [2.05, 4.69) is 55.4 Å². The lowest BCUT2D eigenvalue weighted by Crippen LogP contribution is -2.17. The summed E-state index contributed by atoms with van der Waals surface area (Å²) in [5.41, 5.74) is 9.94. The van der Waals surface area contributed by atoms with Gasteiger partial charge in [-0.3, -0.25) is 24.0 Å². The van der Waals surface area contributed by atoms with Crippen molar-refractivity contribution in [1.82, 2.24) is 0 Å². The van der Waals surface area contributed by atoms with Crippen LogP contribution < -0.4 is 18.9 Å². The number of ether oxygens (including phenoxy) is 4. The summed E-state index contributed by atoms with van der Waals surface area (Å²) in [7, 11) is 6.31. The number of benzene rings is 12. The largest absolute Gasteiger partial charge is 0.497 e. The third-order valence-electron chi connectivity index (χ3n) is 17.9. The molecule has 0 aromatic heterocycles. The van der Waals surface area contributed by atoms with E-state index in [0.717, 1.165) is 33.8 Å². The van der Waals surface area contributed by atoms with E-state index in [9.17, 15) is 61.9 Å². The Morgan fingerprint density at radius 2 is 0.464 bits per heavy atom. The molecule has 0 aliphatic carbocycles. The Balaban J connectivity index is 0.000000249. The lowest BCUT2D eigenvalue weighted by molar-refractivity contribution is -0.144. The third kappa shape index (κ3) is 38.9. The second kappa shape index (κ2) is 59.5. The molecule has 12 aromatic carbocycles. The molecule has 0 radical (unpaired) electrons. The average molecular weight is 1870 g/mol. The predicted octanol–water partition coefficient (Wildman–Crippen LogP) is 19.7. The molecule has 0 aliphatic rings. The Hall–Kier alpha value is -17.9. The molecule has 0 spiro atoms. The van der Waals surface area contributed by atoms with E-state index >= 15 is 0 Å². The molecule has 708 valence electrons. The van der Waals surface area contributed by atoms with Crippen molar-refractivity contribution >= 4 is 111 Å². The monoisotopic (exact) mass is 1870 g/mol. The summed E-state index contributed by atoms with van der Waals surface area (Å²) >= 11 is 0. The zero-order chi connectivity index (χ0) is 101. The second-order valence-electron chi connectivity index (χ2n) is 28.4. The van der Waals surface area contributed by atoms with Crippen LogP contribution in [-0.4, -0.2) is 139 Å². The Labute approximate surface area is 796 Å². The van der Waals surface area contributed by atoms with Crippen LogP contribution in [0.5, 0.6) is 23.0 Å². The summed E-state index contributed by atoms with van der Waals surface area (Å²) in [6, 6.07) is 94.2. The van der Waals surface area contributed by atoms with E-state index in [1.807, 2.05) is 141 Å². The van der Waals surface area contributed by atoms with Crippen molar-refractivity contribution in [3.05, 3.63) is 406 Å². The minimum atomic E-state index is -0.633. The van der Waals surface area contributed by atoms with Crippen molar-refractivity contribution in [2.24, 2.45) is 36.1 Å². The number of carbonyl (C=O) groups is 12. The summed E-state index contributed by atoms with van der Waals surface area (Å²) in [6.45, 7) is 14.6. The normalized spacial score (nSPS) is 10.8. The highest BCUT2D eigenvalue weighted by atomic mass is 19.1. The summed E-state index contributed by atoms with van der Waals surface area (Å²) in [4.78, 5) is 170. The highest BCUT2D eigenvalue weighted by Gasteiger charge is 2.22. The standard InChI is InChI=1S/C22H17NO4.C17H17NO4.C17H15NO4.C16H15NO2.C13H15NO3.C11H10FNO3.C11H11NO3/c1-26-19-14-12-17(13-15-19)21(24)20(16-8-4-2-5-9-16)23-27-22(25)18-10-6-3-7-11-18;1-12(19)22-18-17(13-4-8-15(20-2)9-5-13)14-6-10-16(21-3)11-7-14;1-12(19)22-18-16(13-6-4-3-5-7-13)17(20)14-8-10-15(21-2)11-9-14;1-12-8-10-15(11-9-12)16(17-19-13(2)18)14-6-4-3-5-7-14;1-3-7-12(15)17-14-10(2)13(16)11-8-5-4-6-9-11;1-7(13-16-8(2)14)11(15)9-3-5-10(12)6-4-9;1-8(12-15-9(2)13)11(14)10-6-4-3-5-7-10/h2-15H,1H3;4-11H,1-3H3;3-11H,1-2H3;3-11H,1-2H3;4-6,8-9H,3,7H2,1-2H3;3-6H,1-2H3;3-7H,1-2H3/b23-20+;;18-16+;17-16+;14-10+;13-7+;12-8+. The molecule has 12 rings (SSSR count). The van der Waals surface area contributed by atoms with Crippen molar-refractivity contribution in [2.75, 3.05) is 28.4 Å². The zero-order valence-corrected chi connectivity index (χ0v) is 78.0. The highest BCUT2D eigenvalue weighted by molar-refractivity contribution is 6.52. The number of methoxy groups -OCH3 is 4. The van der Waals surface area contributed by atoms with Gasteiger partial charge in [-0.1, -0.05) is 243 Å². The fourth-order valence-corrected chi connectivity index (χ4v) is 11.0. The smallest absolute Gasteiger partial charge is 0.365 e. The first-order valence-corrected chi connectivity index (χ1v) is 42.1. The van der Waals surface area contributed by atoms with Gasteiger partial charge in [-0.05, 0) is 168 Å². The molecule has 0 unspecified atom stereocenters. The molecule has 31 heteroatoms. The van der Waals surface area contributed by atoms with E-state index in [-0.39, 0.29) is 57.3 Å². The van der Waals surface area contributed by atoms with Gasteiger partial charge >= 0.3 is 41.8 Å². The van der Waals surface area contributed by atoms with Crippen molar-refractivity contribution in [3.8, 4) is 23.0 Å². The summed E-state index contributed by atoms with van der Waals surface area (Å²) < 4.78 is 33.1. The molecule has 30 nitrogen and oxygen atoms in total. The number of hydrogen-bond acceptors (Lipinski definition) is 30. The quantitative estimate of drug-likeness (QED) is 0.0175. The Morgan fingerprint density at radius 3 is 0.761 bits per heavy atom. The zero-order valence-electron chi connectivity index (χ0n) is 78.0. The Morgan fingerprint density at radius 1 is 0.239 bits per heavy atom.